The molecule has 1 unspecified atom stereocenters. The molecule has 0 bridgehead atoms. The third-order valence-corrected chi connectivity index (χ3v) is 5.17. The summed E-state index contributed by atoms with van der Waals surface area (Å²) in [4.78, 5) is 11.5. The number of aromatic nitrogens is 1. The number of benzene rings is 1. The van der Waals surface area contributed by atoms with Crippen LogP contribution in [0.15, 0.2) is 53.7 Å². The third-order valence-electron chi connectivity index (χ3n) is 5.17. The molecule has 0 spiro atoms. The zero-order valence-corrected chi connectivity index (χ0v) is 20.3. The number of aryl methyl sites for hydroxylation is 1. The van der Waals surface area contributed by atoms with Gasteiger partial charge in [0, 0.05) is 38.3 Å². The molecule has 1 aromatic carbocycles. The minimum atomic E-state index is -0.484. The predicted molar refractivity (Wildman–Crippen MR) is 135 cm³/mol. The van der Waals surface area contributed by atoms with Crippen LogP contribution in [0.5, 0.6) is 0 Å². The summed E-state index contributed by atoms with van der Waals surface area (Å²) in [5, 5.41) is 17.2. The zero-order chi connectivity index (χ0) is 20.5. The first-order chi connectivity index (χ1) is 14.1. The van der Waals surface area contributed by atoms with E-state index >= 15 is 0 Å². The molecule has 30 heavy (non-hydrogen) atoms. The van der Waals surface area contributed by atoms with Crippen molar-refractivity contribution in [1.29, 1.82) is 0 Å². The van der Waals surface area contributed by atoms with Gasteiger partial charge in [0.25, 0.3) is 0 Å². The number of aliphatic hydroxyl groups excluding tert-OH is 1. The predicted octanol–water partition coefficient (Wildman–Crippen LogP) is 3.14. The molecule has 164 valence electrons. The molecule has 3 rings (SSSR count). The van der Waals surface area contributed by atoms with E-state index in [0.29, 0.717) is 19.0 Å². The zero-order valence-electron chi connectivity index (χ0n) is 17.9. The second-order valence-electron chi connectivity index (χ2n) is 7.66. The molecule has 1 aliphatic heterocycles. The number of aliphatic hydroxyl groups is 1. The average Bonchev–Trinajstić information content (AvgIpc) is 2.74. The monoisotopic (exact) mass is 523 g/mol. The third kappa shape index (κ3) is 7.75. The Hall–Kier alpha value is -1.87. The summed E-state index contributed by atoms with van der Waals surface area (Å²) >= 11 is 0. The van der Waals surface area contributed by atoms with Gasteiger partial charge in [0.05, 0.1) is 12.6 Å². The van der Waals surface area contributed by atoms with Gasteiger partial charge in [-0.1, -0.05) is 36.4 Å². The van der Waals surface area contributed by atoms with Gasteiger partial charge in [0.15, 0.2) is 5.96 Å². The Morgan fingerprint density at radius 3 is 2.57 bits per heavy atom. The fourth-order valence-electron chi connectivity index (χ4n) is 3.56. The van der Waals surface area contributed by atoms with Crippen LogP contribution in [0.1, 0.15) is 30.9 Å². The fraction of sp³-hybridized carbons (Fsp3) is 0.478. The number of hydrogen-bond acceptors (Lipinski definition) is 4. The number of guanidine groups is 1. The van der Waals surface area contributed by atoms with Crippen molar-refractivity contribution in [3.05, 3.63) is 59.8 Å². The largest absolute Gasteiger partial charge is 0.391 e. The van der Waals surface area contributed by atoms with E-state index in [1.807, 2.05) is 36.5 Å². The second kappa shape index (κ2) is 12.7. The number of piperidine rings is 1. The molecule has 0 aliphatic carbocycles. The SMILES string of the molecule is CCNC(=NCC(O)Cc1ccccc1)NC1CCN(c2ccc(C)cn2)CC1.I. The maximum absolute atomic E-state index is 10.3. The lowest BCUT2D eigenvalue weighted by molar-refractivity contribution is 0.183. The summed E-state index contributed by atoms with van der Waals surface area (Å²) in [6.45, 7) is 7.26. The van der Waals surface area contributed by atoms with Gasteiger partial charge < -0.3 is 20.6 Å². The van der Waals surface area contributed by atoms with E-state index in [9.17, 15) is 5.11 Å². The van der Waals surface area contributed by atoms with E-state index in [0.717, 1.165) is 49.8 Å². The van der Waals surface area contributed by atoms with Crippen LogP contribution < -0.4 is 15.5 Å². The number of anilines is 1. The van der Waals surface area contributed by atoms with Crippen LogP contribution in [0.2, 0.25) is 0 Å². The molecular weight excluding hydrogens is 489 g/mol. The van der Waals surface area contributed by atoms with Gasteiger partial charge in [-0.15, -0.1) is 24.0 Å². The molecule has 1 aliphatic rings. The fourth-order valence-corrected chi connectivity index (χ4v) is 3.56. The molecule has 2 aromatic rings. The lowest BCUT2D eigenvalue weighted by Gasteiger charge is -2.34. The number of hydrogen-bond donors (Lipinski definition) is 3. The van der Waals surface area contributed by atoms with Crippen LogP contribution >= 0.6 is 24.0 Å². The first-order valence-corrected chi connectivity index (χ1v) is 10.6. The Labute approximate surface area is 197 Å². The van der Waals surface area contributed by atoms with Gasteiger partial charge >= 0.3 is 0 Å². The molecule has 1 saturated heterocycles. The Kier molecular flexibility index (Phi) is 10.4. The van der Waals surface area contributed by atoms with Gasteiger partial charge in [-0.25, -0.2) is 4.98 Å². The Balaban J connectivity index is 0.00000320. The van der Waals surface area contributed by atoms with Gasteiger partial charge in [-0.2, -0.15) is 0 Å². The van der Waals surface area contributed by atoms with Crippen molar-refractivity contribution in [3.63, 3.8) is 0 Å². The highest BCUT2D eigenvalue weighted by molar-refractivity contribution is 14.0. The normalized spacial score (nSPS) is 16.0. The lowest BCUT2D eigenvalue weighted by atomic mass is 10.1. The van der Waals surface area contributed by atoms with E-state index in [2.05, 4.69) is 51.5 Å². The second-order valence-corrected chi connectivity index (χ2v) is 7.66. The summed E-state index contributed by atoms with van der Waals surface area (Å²) in [5.41, 5.74) is 2.32. The number of nitrogens with one attached hydrogen (secondary N) is 2. The number of nitrogens with zero attached hydrogens (tertiary/aromatic N) is 3. The Morgan fingerprint density at radius 2 is 1.93 bits per heavy atom. The highest BCUT2D eigenvalue weighted by Gasteiger charge is 2.21. The van der Waals surface area contributed by atoms with Gasteiger partial charge in [0.2, 0.25) is 0 Å². The van der Waals surface area contributed by atoms with Crippen molar-refractivity contribution in [2.75, 3.05) is 31.1 Å². The first kappa shape index (κ1) is 24.4. The summed E-state index contributed by atoms with van der Waals surface area (Å²) in [6.07, 6.45) is 4.13. The van der Waals surface area contributed by atoms with Crippen LogP contribution in [-0.4, -0.2) is 54.4 Å². The Bertz CT molecular complexity index is 761. The minimum Gasteiger partial charge on any atom is -0.391 e. The van der Waals surface area contributed by atoms with Gasteiger partial charge in [-0.05, 0) is 43.9 Å². The molecule has 6 nitrogen and oxygen atoms in total. The molecule has 1 fully saturated rings. The maximum Gasteiger partial charge on any atom is 0.191 e. The van der Waals surface area contributed by atoms with Gasteiger partial charge in [0.1, 0.15) is 5.82 Å². The quantitative estimate of drug-likeness (QED) is 0.296. The smallest absolute Gasteiger partial charge is 0.191 e. The highest BCUT2D eigenvalue weighted by atomic mass is 127. The van der Waals surface area contributed by atoms with Crippen molar-refractivity contribution in [3.8, 4) is 0 Å². The molecule has 1 atom stereocenters. The summed E-state index contributed by atoms with van der Waals surface area (Å²) in [5.74, 6) is 1.84. The standard InChI is InChI=1S/C23H33N5O.HI/c1-3-24-23(26-17-21(29)15-19-7-5-4-6-8-19)27-20-11-13-28(14-12-20)22-10-9-18(2)16-25-22;/h4-10,16,20-21,29H,3,11-15,17H2,1-2H3,(H2,24,26,27);1H. The van der Waals surface area contributed by atoms with E-state index in [1.165, 1.54) is 5.56 Å². The minimum absolute atomic E-state index is 0. The van der Waals surface area contributed by atoms with Crippen molar-refractivity contribution in [1.82, 2.24) is 15.6 Å². The van der Waals surface area contributed by atoms with Crippen molar-refractivity contribution in [2.45, 2.75) is 45.3 Å². The lowest BCUT2D eigenvalue weighted by Crippen LogP contribution is -2.49. The molecule has 3 N–H and O–H groups in total. The average molecular weight is 523 g/mol. The molecule has 0 amide bonds. The maximum atomic E-state index is 10.3. The molecule has 2 heterocycles. The van der Waals surface area contributed by atoms with Crippen LogP contribution in [0.3, 0.4) is 0 Å². The summed E-state index contributed by atoms with van der Waals surface area (Å²) < 4.78 is 0. The Morgan fingerprint density at radius 1 is 1.20 bits per heavy atom. The molecule has 0 radical (unpaired) electrons. The first-order valence-electron chi connectivity index (χ1n) is 10.6. The van der Waals surface area contributed by atoms with Crippen LogP contribution in [-0.2, 0) is 6.42 Å². The number of pyridine rings is 1. The van der Waals surface area contributed by atoms with Crippen molar-refractivity contribution >= 4 is 35.8 Å². The van der Waals surface area contributed by atoms with E-state index < -0.39 is 6.10 Å². The van der Waals surface area contributed by atoms with E-state index in [-0.39, 0.29) is 24.0 Å². The topological polar surface area (TPSA) is 72.8 Å². The van der Waals surface area contributed by atoms with Crippen molar-refractivity contribution < 1.29 is 5.11 Å². The molecular formula is C23H34IN5O. The van der Waals surface area contributed by atoms with Crippen LogP contribution in [0.25, 0.3) is 0 Å². The highest BCUT2D eigenvalue weighted by Crippen LogP contribution is 2.18. The van der Waals surface area contributed by atoms with Crippen LogP contribution in [0, 0.1) is 6.92 Å². The van der Waals surface area contributed by atoms with E-state index in [4.69, 9.17) is 0 Å². The number of halogens is 1. The summed E-state index contributed by atoms with van der Waals surface area (Å²) in [6, 6.07) is 14.6. The summed E-state index contributed by atoms with van der Waals surface area (Å²) in [7, 11) is 0. The molecule has 7 heteroatoms. The number of aliphatic imine (C=N–C) groups is 1. The van der Waals surface area contributed by atoms with Crippen molar-refractivity contribution in [2.24, 2.45) is 4.99 Å². The molecule has 1 aromatic heterocycles. The van der Waals surface area contributed by atoms with Gasteiger partial charge in [-0.3, -0.25) is 4.99 Å². The van der Waals surface area contributed by atoms with Crippen LogP contribution in [0.4, 0.5) is 5.82 Å². The number of rotatable bonds is 7. The van der Waals surface area contributed by atoms with E-state index in [1.54, 1.807) is 0 Å². The molecule has 0 saturated carbocycles.